The van der Waals surface area contributed by atoms with E-state index in [0.29, 0.717) is 24.3 Å². The Kier molecular flexibility index (Phi) is 8.88. The third-order valence-electron chi connectivity index (χ3n) is 4.21. The minimum atomic E-state index is -5.94. The Labute approximate surface area is 224 Å². The van der Waals surface area contributed by atoms with Crippen molar-refractivity contribution in [3.8, 4) is 5.75 Å². The molecule has 0 spiro atoms. The monoisotopic (exact) mass is 772 g/mol. The van der Waals surface area contributed by atoms with Crippen molar-refractivity contribution in [3.05, 3.63) is 58.8 Å². The predicted octanol–water partition coefficient (Wildman–Crippen LogP) is 9.20. The van der Waals surface area contributed by atoms with Gasteiger partial charge in [-0.25, -0.2) is 9.59 Å². The van der Waals surface area contributed by atoms with E-state index < -0.39 is 69.5 Å². The van der Waals surface area contributed by atoms with E-state index >= 15 is 0 Å². The van der Waals surface area contributed by atoms with Gasteiger partial charge in [-0.15, -0.1) is 0 Å². The quantitative estimate of drug-likeness (QED) is 0.230. The molecule has 0 saturated heterocycles. The lowest BCUT2D eigenvalue weighted by Crippen LogP contribution is -2.54. The summed E-state index contributed by atoms with van der Waals surface area (Å²) in [4.78, 5) is 22.8. The van der Waals surface area contributed by atoms with Crippen LogP contribution < -0.4 is 4.74 Å². The summed E-state index contributed by atoms with van der Waals surface area (Å²) in [6.45, 7) is 0. The minimum absolute atomic E-state index is 0.431. The van der Waals surface area contributed by atoms with E-state index in [1.54, 1.807) is 0 Å². The van der Waals surface area contributed by atoms with Crippen molar-refractivity contribution < 1.29 is 45.0 Å². The highest BCUT2D eigenvalue weighted by atomic mass is 79.9. The molecule has 0 heterocycles. The van der Waals surface area contributed by atoms with Gasteiger partial charge in [-0.2, -0.15) is 26.3 Å². The van der Waals surface area contributed by atoms with Crippen LogP contribution in [0.2, 0.25) is 0 Å². The smallest absolute Gasteiger partial charge is 0.411 e. The average molecular weight is 777 g/mol. The molecule has 0 atom stereocenters. The first-order valence-corrected chi connectivity index (χ1v) is 11.7. The molecule has 0 aliphatic heterocycles. The van der Waals surface area contributed by atoms with E-state index in [1.807, 2.05) is 0 Å². The Morgan fingerprint density at radius 3 is 1.42 bits per heavy atom. The molecule has 180 valence electrons. The zero-order valence-electron chi connectivity index (χ0n) is 15.0. The van der Waals surface area contributed by atoms with Crippen LogP contribution in [0, 0.1) is 0 Å². The van der Waals surface area contributed by atoms with Gasteiger partial charge in [0.15, 0.2) is 5.75 Å². The average Bonchev–Trinajstić information content (AvgIpc) is 2.62. The van der Waals surface area contributed by atoms with Gasteiger partial charge >= 0.3 is 23.8 Å². The Morgan fingerprint density at radius 1 is 0.758 bits per heavy atom. The zero-order valence-corrected chi connectivity index (χ0v) is 22.8. The van der Waals surface area contributed by atoms with Gasteiger partial charge in [0.1, 0.15) is 11.9 Å². The second kappa shape index (κ2) is 10.2. The number of benzene rings is 2. The van der Waals surface area contributed by atoms with Crippen molar-refractivity contribution in [2.45, 2.75) is 17.8 Å². The highest BCUT2D eigenvalue weighted by Gasteiger charge is 2.72. The first kappa shape index (κ1) is 28.7. The van der Waals surface area contributed by atoms with Crippen LogP contribution in [0.25, 0.3) is 0 Å². The third-order valence-corrected chi connectivity index (χ3v) is 6.86. The van der Waals surface area contributed by atoms with E-state index in [9.17, 15) is 35.9 Å². The van der Waals surface area contributed by atoms with Crippen molar-refractivity contribution in [3.63, 3.8) is 0 Å². The molecule has 0 unspecified atom stereocenters. The topological polar surface area (TPSA) is 52.6 Å². The van der Waals surface area contributed by atoms with Crippen molar-refractivity contribution >= 4 is 98.6 Å². The third kappa shape index (κ3) is 5.35. The summed E-state index contributed by atoms with van der Waals surface area (Å²) in [5.41, 5.74) is -9.01. The Morgan fingerprint density at radius 2 is 1.12 bits per heavy atom. The molecule has 2 aromatic carbocycles. The van der Waals surface area contributed by atoms with Gasteiger partial charge in [-0.1, -0.05) is 0 Å². The molecule has 0 aliphatic carbocycles. The molecule has 0 aliphatic rings. The fourth-order valence-corrected chi connectivity index (χ4v) is 5.97. The van der Waals surface area contributed by atoms with E-state index in [1.165, 1.54) is 0 Å². The maximum absolute atomic E-state index is 14.4. The van der Waals surface area contributed by atoms with Crippen LogP contribution in [-0.2, 0) is 9.70 Å². The molecule has 16 heteroatoms. The lowest BCUT2D eigenvalue weighted by Gasteiger charge is -2.39. The van der Waals surface area contributed by atoms with Crippen LogP contribution in [0.4, 0.5) is 31.1 Å². The standard InChI is InChI=1S/C17H4Br4Cl2F6O4/c18-7-1-5(2-8(19)11(7)13(30)33-23)15(16(24,25)26,17(27,28)29)6-3-9(20)12(10(21)4-6)32-14(22)31/h1-4H. The summed E-state index contributed by atoms with van der Waals surface area (Å²) in [6, 6.07) is 1.93. The summed E-state index contributed by atoms with van der Waals surface area (Å²) in [7, 11) is 0. The van der Waals surface area contributed by atoms with Crippen molar-refractivity contribution in [2.75, 3.05) is 0 Å². The molecule has 0 saturated carbocycles. The highest BCUT2D eigenvalue weighted by Crippen LogP contribution is 2.58. The Bertz CT molecular complexity index is 1060. The predicted molar refractivity (Wildman–Crippen MR) is 120 cm³/mol. The summed E-state index contributed by atoms with van der Waals surface area (Å²) in [5, 5.41) is 0. The lowest BCUT2D eigenvalue weighted by molar-refractivity contribution is -0.288. The van der Waals surface area contributed by atoms with Crippen molar-refractivity contribution in [1.82, 2.24) is 0 Å². The molecule has 33 heavy (non-hydrogen) atoms. The summed E-state index contributed by atoms with van der Waals surface area (Å²) in [5.74, 6) is -1.68. The number of carbonyl (C=O) groups excluding carboxylic acids is 2. The molecular formula is C17H4Br4Cl2F6O4. The summed E-state index contributed by atoms with van der Waals surface area (Å²) >= 11 is 21.3. The van der Waals surface area contributed by atoms with Gasteiger partial charge in [-0.05, 0) is 99.1 Å². The first-order valence-electron chi connectivity index (χ1n) is 7.81. The van der Waals surface area contributed by atoms with Crippen LogP contribution >= 0.6 is 87.2 Å². The number of ether oxygens (including phenoxy) is 1. The number of hydrogen-bond acceptors (Lipinski definition) is 4. The second-order valence-electron chi connectivity index (χ2n) is 6.03. The molecule has 0 aromatic heterocycles. The SMILES string of the molecule is O=C(Cl)Oc1c(Br)cc(C(c2cc(Br)c(C(=O)OCl)c(Br)c2)(C(F)(F)F)C(F)(F)F)cc1Br. The molecule has 2 aromatic rings. The lowest BCUT2D eigenvalue weighted by atomic mass is 9.72. The van der Waals surface area contributed by atoms with Crippen LogP contribution in [0.5, 0.6) is 5.75 Å². The first-order chi connectivity index (χ1) is 15.0. The second-order valence-corrected chi connectivity index (χ2v) is 9.91. The minimum Gasteiger partial charge on any atom is -0.412 e. The van der Waals surface area contributed by atoms with Gasteiger partial charge < -0.3 is 9.03 Å². The molecule has 2 rings (SSSR count). The van der Waals surface area contributed by atoms with Gasteiger partial charge in [0, 0.05) is 20.5 Å². The Hall–Kier alpha value is -0.540. The summed E-state index contributed by atoms with van der Waals surface area (Å²) < 4.78 is 93.2. The van der Waals surface area contributed by atoms with E-state index in [2.05, 4.69) is 72.7 Å². The molecule has 0 amide bonds. The van der Waals surface area contributed by atoms with Gasteiger partial charge in [-0.3, -0.25) is 0 Å². The maximum Gasteiger partial charge on any atom is 0.411 e. The Balaban J connectivity index is 3.01. The van der Waals surface area contributed by atoms with E-state index in [0.717, 1.165) is 0 Å². The van der Waals surface area contributed by atoms with Crippen molar-refractivity contribution in [2.24, 2.45) is 0 Å². The molecule has 0 fully saturated rings. The van der Waals surface area contributed by atoms with Crippen molar-refractivity contribution in [1.29, 1.82) is 0 Å². The van der Waals surface area contributed by atoms with Crippen LogP contribution in [0.1, 0.15) is 21.5 Å². The zero-order chi connectivity index (χ0) is 25.5. The highest BCUT2D eigenvalue weighted by molar-refractivity contribution is 9.11. The molecular weight excluding hydrogens is 773 g/mol. The molecule has 0 radical (unpaired) electrons. The number of halogens is 12. The van der Waals surface area contributed by atoms with Gasteiger partial charge in [0.25, 0.3) is 0 Å². The molecule has 4 nitrogen and oxygen atoms in total. The van der Waals surface area contributed by atoms with Gasteiger partial charge in [0.05, 0.1) is 14.5 Å². The van der Waals surface area contributed by atoms with Crippen LogP contribution in [0.3, 0.4) is 0 Å². The molecule has 0 bridgehead atoms. The fraction of sp³-hybridized carbons (Fsp3) is 0.176. The number of rotatable bonds is 4. The number of hydrogen-bond donors (Lipinski definition) is 0. The van der Waals surface area contributed by atoms with E-state index in [-0.39, 0.29) is 0 Å². The van der Waals surface area contributed by atoms with Crippen LogP contribution in [-0.4, -0.2) is 23.8 Å². The molecule has 0 N–H and O–H groups in total. The normalized spacial score (nSPS) is 12.5. The summed E-state index contributed by atoms with van der Waals surface area (Å²) in [6.07, 6.45) is -11.9. The number of alkyl halides is 6. The number of carbonyl (C=O) groups is 2. The fourth-order valence-electron chi connectivity index (χ4n) is 2.96. The van der Waals surface area contributed by atoms with E-state index in [4.69, 9.17) is 23.5 Å². The van der Waals surface area contributed by atoms with Crippen LogP contribution in [0.15, 0.2) is 42.2 Å². The maximum atomic E-state index is 14.4. The van der Waals surface area contributed by atoms with Gasteiger partial charge in [0.2, 0.25) is 5.41 Å². The largest absolute Gasteiger partial charge is 0.412 e.